The first-order valence-electron chi connectivity index (χ1n) is 11.0. The fraction of sp³-hybridized carbons (Fsp3) is 0.417. The van der Waals surface area contributed by atoms with E-state index in [4.69, 9.17) is 0 Å². The first kappa shape index (κ1) is 27.3. The van der Waals surface area contributed by atoms with E-state index in [-0.39, 0.29) is 12.1 Å². The van der Waals surface area contributed by atoms with Crippen LogP contribution in [0.1, 0.15) is 30.5 Å². The highest BCUT2D eigenvalue weighted by Crippen LogP contribution is 2.26. The van der Waals surface area contributed by atoms with E-state index in [1.807, 2.05) is 13.0 Å². The molecular formula is C24H33FN4O4S. The van der Waals surface area contributed by atoms with E-state index < -0.39 is 40.4 Å². The number of nitrogens with zero attached hydrogens (tertiary/aromatic N) is 3. The summed E-state index contributed by atoms with van der Waals surface area (Å²) in [6.07, 6.45) is 0. The van der Waals surface area contributed by atoms with Gasteiger partial charge in [-0.05, 0) is 51.0 Å². The van der Waals surface area contributed by atoms with Crippen molar-refractivity contribution in [3.05, 3.63) is 65.0 Å². The molecule has 0 saturated carbocycles. The Hall–Kier alpha value is -2.98. The van der Waals surface area contributed by atoms with Crippen LogP contribution in [0.3, 0.4) is 0 Å². The number of benzene rings is 2. The highest BCUT2D eigenvalue weighted by atomic mass is 32.2. The lowest BCUT2D eigenvalue weighted by atomic mass is 10.1. The fourth-order valence-electron chi connectivity index (χ4n) is 3.40. The van der Waals surface area contributed by atoms with Crippen molar-refractivity contribution in [2.45, 2.75) is 40.3 Å². The number of carbonyl (C=O) groups is 2. The van der Waals surface area contributed by atoms with Crippen molar-refractivity contribution in [1.29, 1.82) is 0 Å². The number of anilines is 1. The van der Waals surface area contributed by atoms with Crippen LogP contribution in [-0.4, -0.2) is 62.7 Å². The zero-order valence-electron chi connectivity index (χ0n) is 20.5. The summed E-state index contributed by atoms with van der Waals surface area (Å²) in [5, 5.41) is 2.66. The molecule has 0 aliphatic carbocycles. The Morgan fingerprint density at radius 1 is 1.09 bits per heavy atom. The summed E-state index contributed by atoms with van der Waals surface area (Å²) >= 11 is 0. The largest absolute Gasteiger partial charge is 0.355 e. The predicted molar refractivity (Wildman–Crippen MR) is 131 cm³/mol. The highest BCUT2D eigenvalue weighted by Gasteiger charge is 2.33. The minimum absolute atomic E-state index is 0.188. The first-order valence-corrected chi connectivity index (χ1v) is 12.4. The lowest BCUT2D eigenvalue weighted by Gasteiger charge is -2.33. The molecule has 0 heterocycles. The molecule has 2 amide bonds. The van der Waals surface area contributed by atoms with Crippen LogP contribution in [0.2, 0.25) is 0 Å². The summed E-state index contributed by atoms with van der Waals surface area (Å²) in [5.41, 5.74) is 2.08. The Bertz CT molecular complexity index is 1140. The minimum Gasteiger partial charge on any atom is -0.355 e. The number of rotatable bonds is 10. The van der Waals surface area contributed by atoms with E-state index in [1.54, 1.807) is 32.0 Å². The van der Waals surface area contributed by atoms with Crippen LogP contribution in [0.5, 0.6) is 0 Å². The van der Waals surface area contributed by atoms with Gasteiger partial charge in [0.25, 0.3) is 0 Å². The van der Waals surface area contributed by atoms with Gasteiger partial charge < -0.3 is 10.2 Å². The lowest BCUT2D eigenvalue weighted by molar-refractivity contribution is -0.139. The average molecular weight is 493 g/mol. The van der Waals surface area contributed by atoms with Gasteiger partial charge in [0.15, 0.2) is 0 Å². The van der Waals surface area contributed by atoms with Crippen LogP contribution in [0.4, 0.5) is 10.1 Å². The Balaban J connectivity index is 2.52. The minimum atomic E-state index is -4.05. The quantitative estimate of drug-likeness (QED) is 0.552. The van der Waals surface area contributed by atoms with Crippen molar-refractivity contribution >= 4 is 27.7 Å². The van der Waals surface area contributed by atoms with Gasteiger partial charge >= 0.3 is 10.2 Å². The molecule has 0 spiro atoms. The van der Waals surface area contributed by atoms with Gasteiger partial charge in [0, 0.05) is 32.7 Å². The monoisotopic (exact) mass is 492 g/mol. The molecule has 1 atom stereocenters. The fourth-order valence-corrected chi connectivity index (χ4v) is 4.52. The molecule has 0 radical (unpaired) electrons. The number of aryl methyl sites for hydroxylation is 2. The van der Waals surface area contributed by atoms with E-state index in [1.165, 1.54) is 44.1 Å². The summed E-state index contributed by atoms with van der Waals surface area (Å²) in [4.78, 5) is 27.3. The number of halogens is 1. The SMILES string of the molecule is CCNC(=O)[C@@H](C)N(Cc1ccccc1F)C(=O)CN(c1cc(C)ccc1C)S(=O)(=O)N(C)C. The molecule has 0 unspecified atom stereocenters. The Morgan fingerprint density at radius 2 is 1.74 bits per heavy atom. The molecule has 8 nitrogen and oxygen atoms in total. The van der Waals surface area contributed by atoms with E-state index in [2.05, 4.69) is 5.32 Å². The standard InChI is InChI=1S/C24H33FN4O4S/c1-7-26-24(31)19(4)28(15-20-10-8-9-11-21(20)25)23(30)16-29(34(32,33)27(5)6)22-14-17(2)12-13-18(22)3/h8-14,19H,7,15-16H2,1-6H3,(H,26,31)/t19-/m1/s1. The third kappa shape index (κ3) is 6.32. The number of hydrogen-bond donors (Lipinski definition) is 1. The topological polar surface area (TPSA) is 90.0 Å². The molecule has 2 aromatic carbocycles. The van der Waals surface area contributed by atoms with Gasteiger partial charge in [-0.3, -0.25) is 9.59 Å². The molecule has 0 aliphatic rings. The van der Waals surface area contributed by atoms with Crippen molar-refractivity contribution < 1.29 is 22.4 Å². The maximum Gasteiger partial charge on any atom is 0.304 e. The summed E-state index contributed by atoms with van der Waals surface area (Å²) < 4.78 is 42.9. The number of amides is 2. The second-order valence-corrected chi connectivity index (χ2v) is 10.3. The van der Waals surface area contributed by atoms with E-state index in [9.17, 15) is 22.4 Å². The van der Waals surface area contributed by atoms with Gasteiger partial charge in [-0.25, -0.2) is 8.70 Å². The predicted octanol–water partition coefficient (Wildman–Crippen LogP) is 2.61. The zero-order valence-corrected chi connectivity index (χ0v) is 21.3. The number of nitrogens with one attached hydrogen (secondary N) is 1. The normalized spacial score (nSPS) is 12.4. The smallest absolute Gasteiger partial charge is 0.304 e. The van der Waals surface area contributed by atoms with Crippen LogP contribution in [0.25, 0.3) is 0 Å². The van der Waals surface area contributed by atoms with E-state index in [0.29, 0.717) is 17.8 Å². The third-order valence-corrected chi connectivity index (χ3v) is 7.27. The zero-order chi connectivity index (χ0) is 25.6. The maximum absolute atomic E-state index is 14.4. The van der Waals surface area contributed by atoms with Gasteiger partial charge in [-0.1, -0.05) is 30.3 Å². The Morgan fingerprint density at radius 3 is 2.32 bits per heavy atom. The van der Waals surface area contributed by atoms with Crippen LogP contribution >= 0.6 is 0 Å². The lowest BCUT2D eigenvalue weighted by Crippen LogP contribution is -2.52. The summed E-state index contributed by atoms with van der Waals surface area (Å²) in [6, 6.07) is 10.3. The molecule has 0 saturated heterocycles. The second kappa shape index (κ2) is 11.4. The molecule has 10 heteroatoms. The molecule has 2 rings (SSSR count). The second-order valence-electron chi connectivity index (χ2n) is 8.27. The van der Waals surface area contributed by atoms with E-state index in [0.717, 1.165) is 14.2 Å². The van der Waals surface area contributed by atoms with Crippen molar-refractivity contribution in [1.82, 2.24) is 14.5 Å². The molecule has 0 aromatic heterocycles. The molecule has 186 valence electrons. The van der Waals surface area contributed by atoms with Gasteiger partial charge in [0.05, 0.1) is 5.69 Å². The highest BCUT2D eigenvalue weighted by molar-refractivity contribution is 7.90. The summed E-state index contributed by atoms with van der Waals surface area (Å²) in [5.74, 6) is -1.56. The molecule has 1 N–H and O–H groups in total. The molecule has 34 heavy (non-hydrogen) atoms. The summed E-state index contributed by atoms with van der Waals surface area (Å²) in [6.45, 7) is 6.48. The van der Waals surface area contributed by atoms with Crippen molar-refractivity contribution in [3.8, 4) is 0 Å². The van der Waals surface area contributed by atoms with Crippen molar-refractivity contribution in [2.24, 2.45) is 0 Å². The first-order chi connectivity index (χ1) is 15.9. The summed E-state index contributed by atoms with van der Waals surface area (Å²) in [7, 11) is -1.29. The van der Waals surface area contributed by atoms with Crippen molar-refractivity contribution in [2.75, 3.05) is 31.5 Å². The van der Waals surface area contributed by atoms with Gasteiger partial charge in [-0.15, -0.1) is 0 Å². The van der Waals surface area contributed by atoms with Crippen LogP contribution in [-0.2, 0) is 26.3 Å². The van der Waals surface area contributed by atoms with Crippen LogP contribution in [0.15, 0.2) is 42.5 Å². The van der Waals surface area contributed by atoms with Crippen LogP contribution in [0, 0.1) is 19.7 Å². The Labute approximate surface area is 201 Å². The van der Waals surface area contributed by atoms with E-state index >= 15 is 0 Å². The van der Waals surface area contributed by atoms with Gasteiger partial charge in [0.1, 0.15) is 18.4 Å². The maximum atomic E-state index is 14.4. The Kier molecular flexibility index (Phi) is 9.17. The molecular weight excluding hydrogens is 459 g/mol. The molecule has 2 aromatic rings. The molecule has 0 fully saturated rings. The van der Waals surface area contributed by atoms with Crippen molar-refractivity contribution in [3.63, 3.8) is 0 Å². The van der Waals surface area contributed by atoms with Gasteiger partial charge in [-0.2, -0.15) is 12.7 Å². The molecule has 0 bridgehead atoms. The number of likely N-dealkylation sites (N-methyl/N-ethyl adjacent to an activating group) is 1. The average Bonchev–Trinajstić information content (AvgIpc) is 2.78. The number of hydrogen-bond acceptors (Lipinski definition) is 4. The van der Waals surface area contributed by atoms with Crippen LogP contribution < -0.4 is 9.62 Å². The molecule has 0 aliphatic heterocycles. The van der Waals surface area contributed by atoms with Gasteiger partial charge in [0.2, 0.25) is 11.8 Å². The number of carbonyl (C=O) groups excluding carboxylic acids is 2. The third-order valence-electron chi connectivity index (χ3n) is 5.47.